The molecular weight excluding hydrogens is 295 g/mol. The van der Waals surface area contributed by atoms with Gasteiger partial charge in [-0.05, 0) is 38.0 Å². The number of anilines is 1. The second kappa shape index (κ2) is 6.79. The number of hydrogen-bond acceptors (Lipinski definition) is 1. The molecular formula is C15H21Cl2N2O+. The van der Waals surface area contributed by atoms with Crippen LogP contribution < -0.4 is 10.2 Å². The van der Waals surface area contributed by atoms with Crippen molar-refractivity contribution in [3.05, 3.63) is 28.2 Å². The predicted octanol–water partition coefficient (Wildman–Crippen LogP) is 2.64. The first-order valence-corrected chi connectivity index (χ1v) is 7.83. The molecule has 1 aromatic carbocycles. The van der Waals surface area contributed by atoms with E-state index in [2.05, 4.69) is 12.2 Å². The lowest BCUT2D eigenvalue weighted by Gasteiger charge is -2.31. The summed E-state index contributed by atoms with van der Waals surface area (Å²) in [6, 6.07) is 5.02. The lowest BCUT2D eigenvalue weighted by atomic mass is 9.99. The normalized spacial score (nSPS) is 24.2. The molecule has 20 heavy (non-hydrogen) atoms. The molecule has 1 saturated heterocycles. The molecule has 0 radical (unpaired) electrons. The summed E-state index contributed by atoms with van der Waals surface area (Å²) in [5.41, 5.74) is 0.656. The number of piperidine rings is 1. The van der Waals surface area contributed by atoms with Crippen LogP contribution in [0.1, 0.15) is 26.7 Å². The van der Waals surface area contributed by atoms with Crippen molar-refractivity contribution in [2.45, 2.75) is 32.7 Å². The van der Waals surface area contributed by atoms with Gasteiger partial charge >= 0.3 is 0 Å². The van der Waals surface area contributed by atoms with Crippen molar-refractivity contribution in [1.82, 2.24) is 0 Å². The van der Waals surface area contributed by atoms with Gasteiger partial charge < -0.3 is 10.2 Å². The highest BCUT2D eigenvalue weighted by Crippen LogP contribution is 2.22. The number of quaternary nitrogens is 1. The van der Waals surface area contributed by atoms with Crippen LogP contribution in [0.15, 0.2) is 18.2 Å². The third kappa shape index (κ3) is 4.11. The van der Waals surface area contributed by atoms with Crippen molar-refractivity contribution < 1.29 is 9.69 Å². The molecule has 3 atom stereocenters. The molecule has 110 valence electrons. The first kappa shape index (κ1) is 15.6. The third-order valence-corrected chi connectivity index (χ3v) is 4.38. The van der Waals surface area contributed by atoms with Crippen LogP contribution in [0.2, 0.25) is 10.0 Å². The summed E-state index contributed by atoms with van der Waals surface area (Å²) < 4.78 is 0. The van der Waals surface area contributed by atoms with Gasteiger partial charge in [0, 0.05) is 21.7 Å². The average Bonchev–Trinajstić information content (AvgIpc) is 2.36. The van der Waals surface area contributed by atoms with Gasteiger partial charge in [-0.1, -0.05) is 30.1 Å². The molecule has 1 fully saturated rings. The standard InChI is InChI=1S/C15H20Cl2N2O/c1-10-4-3-5-19(9-10)11(2)15(20)18-14-7-12(16)6-13(17)8-14/h6-8,10-11H,3-5,9H2,1-2H3,(H,18,20)/p+1/t10-,11-/m0/s1. The maximum absolute atomic E-state index is 12.3. The van der Waals surface area contributed by atoms with Crippen LogP contribution in [-0.2, 0) is 4.79 Å². The van der Waals surface area contributed by atoms with E-state index in [1.165, 1.54) is 17.7 Å². The third-order valence-electron chi connectivity index (χ3n) is 3.94. The molecule has 0 bridgehead atoms. The first-order valence-electron chi connectivity index (χ1n) is 7.07. The highest BCUT2D eigenvalue weighted by atomic mass is 35.5. The van der Waals surface area contributed by atoms with E-state index in [1.807, 2.05) is 6.92 Å². The SMILES string of the molecule is C[C@H]1CCC[NH+]([C@@H](C)C(=O)Nc2cc(Cl)cc(Cl)c2)C1. The smallest absolute Gasteiger partial charge is 0.282 e. The van der Waals surface area contributed by atoms with Crippen LogP contribution in [0.3, 0.4) is 0 Å². The summed E-state index contributed by atoms with van der Waals surface area (Å²) in [7, 11) is 0. The fourth-order valence-corrected chi connectivity index (χ4v) is 3.31. The fourth-order valence-electron chi connectivity index (χ4n) is 2.78. The summed E-state index contributed by atoms with van der Waals surface area (Å²) in [4.78, 5) is 13.7. The highest BCUT2D eigenvalue weighted by molar-refractivity contribution is 6.35. The van der Waals surface area contributed by atoms with Crippen LogP contribution in [0.4, 0.5) is 5.69 Å². The largest absolute Gasteiger partial charge is 0.325 e. The summed E-state index contributed by atoms with van der Waals surface area (Å²) in [5.74, 6) is 0.710. The number of benzene rings is 1. The maximum atomic E-state index is 12.3. The van der Waals surface area contributed by atoms with Crippen LogP contribution in [0.25, 0.3) is 0 Å². The lowest BCUT2D eigenvalue weighted by molar-refractivity contribution is -0.922. The molecule has 5 heteroatoms. The molecule has 1 amide bonds. The Bertz CT molecular complexity index is 473. The Kier molecular flexibility index (Phi) is 5.30. The summed E-state index contributed by atoms with van der Waals surface area (Å²) in [6.07, 6.45) is 2.46. The monoisotopic (exact) mass is 315 g/mol. The lowest BCUT2D eigenvalue weighted by Crippen LogP contribution is -3.17. The Morgan fingerprint density at radius 2 is 2.00 bits per heavy atom. The van der Waals surface area contributed by atoms with E-state index in [-0.39, 0.29) is 11.9 Å². The minimum atomic E-state index is -0.0597. The van der Waals surface area contributed by atoms with Crippen molar-refractivity contribution in [3.8, 4) is 0 Å². The quantitative estimate of drug-likeness (QED) is 0.883. The number of hydrogen-bond donors (Lipinski definition) is 2. The predicted molar refractivity (Wildman–Crippen MR) is 83.6 cm³/mol. The molecule has 0 spiro atoms. The van der Waals surface area contributed by atoms with Gasteiger partial charge in [0.2, 0.25) is 0 Å². The molecule has 0 aromatic heterocycles. The first-order chi connectivity index (χ1) is 9.45. The van der Waals surface area contributed by atoms with Crippen LogP contribution in [-0.4, -0.2) is 25.0 Å². The number of amides is 1. The Labute approximate surface area is 130 Å². The molecule has 1 aliphatic heterocycles. The summed E-state index contributed by atoms with van der Waals surface area (Å²) in [6.45, 7) is 6.36. The van der Waals surface area contributed by atoms with Crippen molar-refractivity contribution in [3.63, 3.8) is 0 Å². The number of rotatable bonds is 3. The minimum Gasteiger partial charge on any atom is -0.325 e. The second-order valence-electron chi connectivity index (χ2n) is 5.73. The number of nitrogens with one attached hydrogen (secondary N) is 2. The van der Waals surface area contributed by atoms with E-state index >= 15 is 0 Å². The zero-order valence-corrected chi connectivity index (χ0v) is 13.4. The zero-order valence-electron chi connectivity index (χ0n) is 11.9. The van der Waals surface area contributed by atoms with Crippen molar-refractivity contribution in [2.24, 2.45) is 5.92 Å². The number of halogens is 2. The Hall–Kier alpha value is -0.770. The van der Waals surface area contributed by atoms with Gasteiger partial charge in [0.1, 0.15) is 0 Å². The number of carbonyl (C=O) groups excluding carboxylic acids is 1. The Morgan fingerprint density at radius 1 is 1.35 bits per heavy atom. The highest BCUT2D eigenvalue weighted by Gasteiger charge is 2.29. The minimum absolute atomic E-state index is 0.0208. The van der Waals surface area contributed by atoms with Crippen molar-refractivity contribution >= 4 is 34.8 Å². The van der Waals surface area contributed by atoms with Gasteiger partial charge in [-0.25, -0.2) is 0 Å². The van der Waals surface area contributed by atoms with E-state index < -0.39 is 0 Å². The van der Waals surface area contributed by atoms with Crippen molar-refractivity contribution in [1.29, 1.82) is 0 Å². The zero-order chi connectivity index (χ0) is 14.7. The van der Waals surface area contributed by atoms with E-state index in [0.29, 0.717) is 21.7 Å². The van der Waals surface area contributed by atoms with Crippen molar-refractivity contribution in [2.75, 3.05) is 18.4 Å². The topological polar surface area (TPSA) is 33.5 Å². The fraction of sp³-hybridized carbons (Fsp3) is 0.533. The van der Waals surface area contributed by atoms with Gasteiger partial charge in [-0.15, -0.1) is 0 Å². The van der Waals surface area contributed by atoms with Gasteiger partial charge in [-0.3, -0.25) is 4.79 Å². The van der Waals surface area contributed by atoms with Gasteiger partial charge in [0.25, 0.3) is 5.91 Å². The molecule has 2 N–H and O–H groups in total. The van der Waals surface area contributed by atoms with E-state index in [0.717, 1.165) is 13.1 Å². The molecule has 3 nitrogen and oxygen atoms in total. The Morgan fingerprint density at radius 3 is 2.60 bits per heavy atom. The molecule has 0 saturated carbocycles. The van der Waals surface area contributed by atoms with Crippen LogP contribution >= 0.6 is 23.2 Å². The van der Waals surface area contributed by atoms with Gasteiger partial charge in [-0.2, -0.15) is 0 Å². The molecule has 1 unspecified atom stereocenters. The summed E-state index contributed by atoms with van der Waals surface area (Å²) in [5, 5.41) is 3.96. The molecule has 1 aliphatic rings. The van der Waals surface area contributed by atoms with E-state index in [4.69, 9.17) is 23.2 Å². The van der Waals surface area contributed by atoms with E-state index in [9.17, 15) is 4.79 Å². The number of likely N-dealkylation sites (tertiary alicyclic amines) is 1. The second-order valence-corrected chi connectivity index (χ2v) is 6.60. The van der Waals surface area contributed by atoms with Crippen LogP contribution in [0, 0.1) is 5.92 Å². The number of carbonyl (C=O) groups is 1. The molecule has 2 rings (SSSR count). The summed E-state index contributed by atoms with van der Waals surface area (Å²) >= 11 is 11.9. The molecule has 1 aromatic rings. The molecule has 0 aliphatic carbocycles. The van der Waals surface area contributed by atoms with Gasteiger partial charge in [0.15, 0.2) is 6.04 Å². The molecule has 1 heterocycles. The Balaban J connectivity index is 2.00. The maximum Gasteiger partial charge on any atom is 0.282 e. The average molecular weight is 316 g/mol. The van der Waals surface area contributed by atoms with Gasteiger partial charge in [0.05, 0.1) is 13.1 Å². The van der Waals surface area contributed by atoms with E-state index in [1.54, 1.807) is 18.2 Å². The van der Waals surface area contributed by atoms with Crippen LogP contribution in [0.5, 0.6) is 0 Å².